The number of thioether (sulfide) groups is 1. The van der Waals surface area contributed by atoms with Gasteiger partial charge in [-0.2, -0.15) is 11.8 Å². The van der Waals surface area contributed by atoms with Gasteiger partial charge in [-0.15, -0.1) is 0 Å². The Kier molecular flexibility index (Phi) is 7.48. The molecule has 1 unspecified atom stereocenters. The van der Waals surface area contributed by atoms with Crippen LogP contribution in [0.25, 0.3) is 0 Å². The summed E-state index contributed by atoms with van der Waals surface area (Å²) < 4.78 is 5.81. The molecule has 3 rings (SSSR count). The van der Waals surface area contributed by atoms with Crippen molar-refractivity contribution in [3.63, 3.8) is 0 Å². The molecule has 0 radical (unpaired) electrons. The molecule has 8 heteroatoms. The molecular weight excluding hydrogens is 386 g/mol. The summed E-state index contributed by atoms with van der Waals surface area (Å²) in [6, 6.07) is 7.59. The van der Waals surface area contributed by atoms with Crippen LogP contribution < -0.4 is 10.9 Å². The number of hydrogen-bond donors (Lipinski definition) is 2. The van der Waals surface area contributed by atoms with Crippen LogP contribution in [0.5, 0.6) is 0 Å². The highest BCUT2D eigenvalue weighted by Gasteiger charge is 2.10. The Morgan fingerprint density at radius 3 is 2.66 bits per heavy atom. The zero-order valence-corrected chi connectivity index (χ0v) is 17.8. The highest BCUT2D eigenvalue weighted by Crippen LogP contribution is 2.22. The van der Waals surface area contributed by atoms with Crippen molar-refractivity contribution >= 4 is 17.7 Å². The lowest BCUT2D eigenvalue weighted by Gasteiger charge is -2.12. The molecule has 154 valence electrons. The number of pyridine rings is 1. The molecule has 0 aliphatic heterocycles. The molecule has 7 nitrogen and oxygen atoms in total. The second-order valence-corrected chi connectivity index (χ2v) is 8.24. The first kappa shape index (κ1) is 21.1. The lowest BCUT2D eigenvalue weighted by atomic mass is 9.96. The third-order valence-electron chi connectivity index (χ3n) is 4.43. The minimum atomic E-state index is -0.102. The van der Waals surface area contributed by atoms with Gasteiger partial charge in [-0.05, 0) is 43.4 Å². The van der Waals surface area contributed by atoms with Gasteiger partial charge in [-0.1, -0.05) is 6.92 Å². The van der Waals surface area contributed by atoms with Crippen molar-refractivity contribution in [2.24, 2.45) is 0 Å². The van der Waals surface area contributed by atoms with Gasteiger partial charge in [0.2, 0.25) is 11.5 Å². The quantitative estimate of drug-likeness (QED) is 0.493. The molecule has 3 aromatic rings. The SMILES string of the molecule is CC(c1cnc(NCCSCc2ccc(CN(C)C)o2)nc1)c1cc[nH]c(=O)c1. The van der Waals surface area contributed by atoms with E-state index in [-0.39, 0.29) is 11.5 Å². The van der Waals surface area contributed by atoms with Crippen LogP contribution in [0.3, 0.4) is 0 Å². The van der Waals surface area contributed by atoms with E-state index in [0.29, 0.717) is 5.95 Å². The molecule has 0 aromatic carbocycles. The summed E-state index contributed by atoms with van der Waals surface area (Å²) in [5, 5.41) is 3.24. The Hall–Kier alpha value is -2.58. The van der Waals surface area contributed by atoms with Gasteiger partial charge >= 0.3 is 0 Å². The Labute approximate surface area is 175 Å². The zero-order valence-electron chi connectivity index (χ0n) is 17.0. The number of hydrogen-bond acceptors (Lipinski definition) is 7. The summed E-state index contributed by atoms with van der Waals surface area (Å²) in [7, 11) is 4.06. The fraction of sp³-hybridized carbons (Fsp3) is 0.381. The van der Waals surface area contributed by atoms with E-state index in [9.17, 15) is 4.79 Å². The van der Waals surface area contributed by atoms with E-state index in [1.165, 1.54) is 0 Å². The first-order chi connectivity index (χ1) is 14.0. The molecule has 3 heterocycles. The third kappa shape index (κ3) is 6.47. The minimum Gasteiger partial charge on any atom is -0.464 e. The predicted molar refractivity (Wildman–Crippen MR) is 117 cm³/mol. The summed E-state index contributed by atoms with van der Waals surface area (Å²) in [4.78, 5) is 25.0. The average molecular weight is 414 g/mol. The maximum absolute atomic E-state index is 11.5. The molecule has 3 aromatic heterocycles. The standard InChI is InChI=1S/C21H27N5O2S/c1-15(16-6-7-22-20(27)10-16)17-11-24-21(25-12-17)23-8-9-29-14-19-5-4-18(28-19)13-26(2)3/h4-7,10-12,15H,8-9,13-14H2,1-3H3,(H,22,27)(H,23,24,25). The molecule has 0 aliphatic carbocycles. The minimum absolute atomic E-state index is 0.0626. The van der Waals surface area contributed by atoms with E-state index >= 15 is 0 Å². The summed E-state index contributed by atoms with van der Waals surface area (Å²) in [5.74, 6) is 4.44. The maximum atomic E-state index is 11.5. The van der Waals surface area contributed by atoms with Crippen LogP contribution in [0, 0.1) is 0 Å². The summed E-state index contributed by atoms with van der Waals surface area (Å²) >= 11 is 1.81. The third-order valence-corrected chi connectivity index (χ3v) is 5.42. The van der Waals surface area contributed by atoms with Crippen LogP contribution in [0.1, 0.15) is 35.5 Å². The topological polar surface area (TPSA) is 87.1 Å². The van der Waals surface area contributed by atoms with Crippen LogP contribution in [0.15, 0.2) is 52.1 Å². The van der Waals surface area contributed by atoms with Crippen molar-refractivity contribution in [2.45, 2.75) is 25.1 Å². The molecule has 0 spiro atoms. The number of aromatic amines is 1. The fourth-order valence-electron chi connectivity index (χ4n) is 2.88. The molecule has 29 heavy (non-hydrogen) atoms. The van der Waals surface area contributed by atoms with Crippen LogP contribution in [0.2, 0.25) is 0 Å². The monoisotopic (exact) mass is 413 g/mol. The van der Waals surface area contributed by atoms with Gasteiger partial charge in [-0.3, -0.25) is 4.79 Å². The first-order valence-electron chi connectivity index (χ1n) is 9.56. The summed E-state index contributed by atoms with van der Waals surface area (Å²) in [5.41, 5.74) is 1.82. The fourth-order valence-corrected chi connectivity index (χ4v) is 3.63. The number of aromatic nitrogens is 3. The zero-order chi connectivity index (χ0) is 20.6. The van der Waals surface area contributed by atoms with Crippen LogP contribution >= 0.6 is 11.8 Å². The Morgan fingerprint density at radius 1 is 1.17 bits per heavy atom. The first-order valence-corrected chi connectivity index (χ1v) is 10.7. The van der Waals surface area contributed by atoms with Crippen LogP contribution in [-0.2, 0) is 12.3 Å². The van der Waals surface area contributed by atoms with Crippen molar-refractivity contribution in [1.29, 1.82) is 0 Å². The Balaban J connectivity index is 1.41. The second-order valence-electron chi connectivity index (χ2n) is 7.13. The Morgan fingerprint density at radius 2 is 1.93 bits per heavy atom. The molecule has 1 atom stereocenters. The maximum Gasteiger partial charge on any atom is 0.248 e. The molecule has 0 saturated carbocycles. The molecule has 0 fully saturated rings. The van der Waals surface area contributed by atoms with Crippen molar-refractivity contribution in [3.8, 4) is 0 Å². The van der Waals surface area contributed by atoms with Gasteiger partial charge in [0.1, 0.15) is 11.5 Å². The molecule has 0 bridgehead atoms. The van der Waals surface area contributed by atoms with Gasteiger partial charge in [-0.25, -0.2) is 9.97 Å². The molecule has 0 aliphatic rings. The predicted octanol–water partition coefficient (Wildman–Crippen LogP) is 3.32. The van der Waals surface area contributed by atoms with Crippen LogP contribution in [0.4, 0.5) is 5.95 Å². The lowest BCUT2D eigenvalue weighted by Crippen LogP contribution is -2.10. The normalized spacial score (nSPS) is 12.3. The van der Waals surface area contributed by atoms with Gasteiger partial charge in [0.15, 0.2) is 0 Å². The number of rotatable bonds is 10. The lowest BCUT2D eigenvalue weighted by molar-refractivity contribution is 0.344. The van der Waals surface area contributed by atoms with Gasteiger partial charge in [0.05, 0.1) is 12.3 Å². The highest BCUT2D eigenvalue weighted by atomic mass is 32.2. The van der Waals surface area contributed by atoms with E-state index in [1.807, 2.05) is 51.6 Å². The van der Waals surface area contributed by atoms with E-state index in [0.717, 1.165) is 47.2 Å². The van der Waals surface area contributed by atoms with Crippen molar-refractivity contribution in [2.75, 3.05) is 31.7 Å². The number of anilines is 1. The molecule has 0 saturated heterocycles. The van der Waals surface area contributed by atoms with E-state index in [2.05, 4.69) is 25.2 Å². The molecule has 0 amide bonds. The summed E-state index contributed by atoms with van der Waals surface area (Å²) in [6.45, 7) is 3.63. The van der Waals surface area contributed by atoms with Crippen LogP contribution in [-0.4, -0.2) is 46.2 Å². The average Bonchev–Trinajstić information content (AvgIpc) is 3.14. The number of nitrogens with one attached hydrogen (secondary N) is 2. The second kappa shape index (κ2) is 10.3. The van der Waals surface area contributed by atoms with E-state index in [1.54, 1.807) is 24.0 Å². The number of furan rings is 1. The van der Waals surface area contributed by atoms with Crippen molar-refractivity contribution in [3.05, 3.63) is 75.9 Å². The van der Waals surface area contributed by atoms with Crippen molar-refractivity contribution < 1.29 is 4.42 Å². The van der Waals surface area contributed by atoms with E-state index < -0.39 is 0 Å². The van der Waals surface area contributed by atoms with Gasteiger partial charge in [0, 0.05) is 42.9 Å². The van der Waals surface area contributed by atoms with E-state index in [4.69, 9.17) is 4.42 Å². The number of nitrogens with zero attached hydrogens (tertiary/aromatic N) is 3. The number of H-pyrrole nitrogens is 1. The molecular formula is C21H27N5O2S. The summed E-state index contributed by atoms with van der Waals surface area (Å²) in [6.07, 6.45) is 5.28. The van der Waals surface area contributed by atoms with Gasteiger partial charge in [0.25, 0.3) is 0 Å². The highest BCUT2D eigenvalue weighted by molar-refractivity contribution is 7.98. The van der Waals surface area contributed by atoms with Crippen molar-refractivity contribution in [1.82, 2.24) is 19.9 Å². The Bertz CT molecular complexity index is 952. The molecule has 2 N–H and O–H groups in total. The van der Waals surface area contributed by atoms with Gasteiger partial charge < -0.3 is 19.6 Å². The smallest absolute Gasteiger partial charge is 0.248 e. The largest absolute Gasteiger partial charge is 0.464 e.